The largest absolute Gasteiger partial charge is 0.390 e. The van der Waals surface area contributed by atoms with Crippen LogP contribution in [0.5, 0.6) is 0 Å². The summed E-state index contributed by atoms with van der Waals surface area (Å²) in [6, 6.07) is 10.6. The van der Waals surface area contributed by atoms with Crippen LogP contribution in [0, 0.1) is 0 Å². The fourth-order valence-electron chi connectivity index (χ4n) is 2.70. The van der Waals surface area contributed by atoms with Crippen LogP contribution in [-0.4, -0.2) is 23.4 Å². The molecule has 1 aliphatic heterocycles. The Morgan fingerprint density at radius 1 is 1.22 bits per heavy atom. The van der Waals surface area contributed by atoms with Crippen LogP contribution < -0.4 is 0 Å². The average Bonchev–Trinajstić information content (AvgIpc) is 2.59. The van der Waals surface area contributed by atoms with Crippen molar-refractivity contribution in [3.63, 3.8) is 0 Å². The maximum Gasteiger partial charge on any atom is 0.0835 e. The first kappa shape index (κ1) is 13.6. The van der Waals surface area contributed by atoms with Gasteiger partial charge in [0.2, 0.25) is 0 Å². The van der Waals surface area contributed by atoms with E-state index in [1.165, 1.54) is 5.56 Å². The molecule has 100 valence electrons. The number of rotatable bonds is 4. The second-order valence-electron chi connectivity index (χ2n) is 5.23. The standard InChI is InChI=1S/C16H24O2/c1-2-16-15(17)10-6-9-14(18-16)12-11-13-7-4-3-5-8-13/h3-5,7-8,14-17H,2,6,9-12H2,1H3/t14-,15-,16-/m1/s1. The third kappa shape index (κ3) is 3.82. The van der Waals surface area contributed by atoms with Crippen LogP contribution in [0.2, 0.25) is 0 Å². The molecule has 0 spiro atoms. The number of aliphatic hydroxyl groups is 1. The van der Waals surface area contributed by atoms with Gasteiger partial charge in [-0.05, 0) is 44.1 Å². The van der Waals surface area contributed by atoms with Crippen molar-refractivity contribution in [2.45, 2.75) is 63.8 Å². The van der Waals surface area contributed by atoms with Gasteiger partial charge in [0.05, 0.1) is 18.3 Å². The lowest BCUT2D eigenvalue weighted by Gasteiger charge is -2.23. The highest BCUT2D eigenvalue weighted by molar-refractivity contribution is 5.14. The van der Waals surface area contributed by atoms with Crippen molar-refractivity contribution in [1.82, 2.24) is 0 Å². The maximum absolute atomic E-state index is 9.93. The van der Waals surface area contributed by atoms with E-state index in [1.54, 1.807) is 0 Å². The predicted octanol–water partition coefficient (Wildman–Crippen LogP) is 3.33. The van der Waals surface area contributed by atoms with E-state index >= 15 is 0 Å². The van der Waals surface area contributed by atoms with Gasteiger partial charge in [-0.15, -0.1) is 0 Å². The molecule has 0 radical (unpaired) electrons. The molecule has 18 heavy (non-hydrogen) atoms. The number of hydrogen-bond acceptors (Lipinski definition) is 2. The fourth-order valence-corrected chi connectivity index (χ4v) is 2.70. The molecule has 1 aliphatic rings. The lowest BCUT2D eigenvalue weighted by atomic mass is 10.0. The molecule has 0 aliphatic carbocycles. The third-order valence-corrected chi connectivity index (χ3v) is 3.82. The molecule has 0 unspecified atom stereocenters. The molecule has 0 aromatic heterocycles. The van der Waals surface area contributed by atoms with Crippen LogP contribution in [0.25, 0.3) is 0 Å². The highest BCUT2D eigenvalue weighted by atomic mass is 16.5. The molecular weight excluding hydrogens is 224 g/mol. The van der Waals surface area contributed by atoms with Crippen LogP contribution in [-0.2, 0) is 11.2 Å². The van der Waals surface area contributed by atoms with E-state index in [1.807, 2.05) is 0 Å². The van der Waals surface area contributed by atoms with Crippen molar-refractivity contribution in [3.8, 4) is 0 Å². The topological polar surface area (TPSA) is 29.5 Å². The zero-order valence-electron chi connectivity index (χ0n) is 11.2. The third-order valence-electron chi connectivity index (χ3n) is 3.82. The van der Waals surface area contributed by atoms with Crippen molar-refractivity contribution in [2.24, 2.45) is 0 Å². The van der Waals surface area contributed by atoms with Crippen LogP contribution in [0.15, 0.2) is 30.3 Å². The zero-order chi connectivity index (χ0) is 12.8. The minimum absolute atomic E-state index is 0.0354. The average molecular weight is 248 g/mol. The van der Waals surface area contributed by atoms with E-state index in [2.05, 4.69) is 37.3 Å². The van der Waals surface area contributed by atoms with Gasteiger partial charge in [-0.25, -0.2) is 0 Å². The molecule has 2 heteroatoms. The zero-order valence-corrected chi connectivity index (χ0v) is 11.2. The summed E-state index contributed by atoms with van der Waals surface area (Å²) in [5.74, 6) is 0. The molecule has 1 fully saturated rings. The van der Waals surface area contributed by atoms with Crippen LogP contribution in [0.1, 0.15) is 44.6 Å². The Bertz CT molecular complexity index is 336. The first-order valence-electron chi connectivity index (χ1n) is 7.17. The number of aryl methyl sites for hydroxylation is 1. The lowest BCUT2D eigenvalue weighted by molar-refractivity contribution is -0.0678. The van der Waals surface area contributed by atoms with Gasteiger partial charge < -0.3 is 9.84 Å². The first-order valence-corrected chi connectivity index (χ1v) is 7.17. The van der Waals surface area contributed by atoms with Gasteiger partial charge in [-0.1, -0.05) is 37.3 Å². The van der Waals surface area contributed by atoms with Gasteiger partial charge in [-0.2, -0.15) is 0 Å². The summed E-state index contributed by atoms with van der Waals surface area (Å²) in [7, 11) is 0. The van der Waals surface area contributed by atoms with E-state index < -0.39 is 0 Å². The van der Waals surface area contributed by atoms with E-state index in [0.717, 1.165) is 38.5 Å². The lowest BCUT2D eigenvalue weighted by Crippen LogP contribution is -2.29. The van der Waals surface area contributed by atoms with E-state index in [0.29, 0.717) is 6.10 Å². The summed E-state index contributed by atoms with van der Waals surface area (Å²) in [6.07, 6.45) is 6.17. The minimum atomic E-state index is -0.267. The van der Waals surface area contributed by atoms with E-state index in [9.17, 15) is 5.11 Å². The van der Waals surface area contributed by atoms with Gasteiger partial charge in [0.15, 0.2) is 0 Å². The summed E-state index contributed by atoms with van der Waals surface area (Å²) in [6.45, 7) is 2.09. The van der Waals surface area contributed by atoms with Crippen molar-refractivity contribution in [3.05, 3.63) is 35.9 Å². The van der Waals surface area contributed by atoms with Crippen molar-refractivity contribution >= 4 is 0 Å². The van der Waals surface area contributed by atoms with Crippen molar-refractivity contribution in [2.75, 3.05) is 0 Å². The van der Waals surface area contributed by atoms with E-state index in [-0.39, 0.29) is 12.2 Å². The number of hydrogen-bond donors (Lipinski definition) is 1. The molecule has 1 N–H and O–H groups in total. The van der Waals surface area contributed by atoms with Gasteiger partial charge >= 0.3 is 0 Å². The second-order valence-corrected chi connectivity index (χ2v) is 5.23. The second kappa shape index (κ2) is 6.91. The Kier molecular flexibility index (Phi) is 5.21. The first-order chi connectivity index (χ1) is 8.79. The molecule has 0 amide bonds. The summed E-state index contributed by atoms with van der Waals surface area (Å²) in [4.78, 5) is 0. The Hall–Kier alpha value is -0.860. The predicted molar refractivity (Wildman–Crippen MR) is 73.6 cm³/mol. The Morgan fingerprint density at radius 3 is 2.72 bits per heavy atom. The van der Waals surface area contributed by atoms with Crippen LogP contribution in [0.4, 0.5) is 0 Å². The molecule has 0 saturated carbocycles. The number of aliphatic hydroxyl groups excluding tert-OH is 1. The Labute approximate surface area is 110 Å². The summed E-state index contributed by atoms with van der Waals surface area (Å²) >= 11 is 0. The smallest absolute Gasteiger partial charge is 0.0835 e. The maximum atomic E-state index is 9.93. The molecule has 3 atom stereocenters. The highest BCUT2D eigenvalue weighted by Crippen LogP contribution is 2.23. The van der Waals surface area contributed by atoms with Crippen molar-refractivity contribution in [1.29, 1.82) is 0 Å². The van der Waals surface area contributed by atoms with Gasteiger partial charge in [0.1, 0.15) is 0 Å². The van der Waals surface area contributed by atoms with Crippen LogP contribution >= 0.6 is 0 Å². The summed E-state index contributed by atoms with van der Waals surface area (Å²) in [5.41, 5.74) is 1.37. The molecule has 1 aromatic carbocycles. The normalized spacial score (nSPS) is 28.9. The fraction of sp³-hybridized carbons (Fsp3) is 0.625. The molecular formula is C16H24O2. The summed E-state index contributed by atoms with van der Waals surface area (Å²) in [5, 5.41) is 9.93. The summed E-state index contributed by atoms with van der Waals surface area (Å²) < 4.78 is 6.04. The Morgan fingerprint density at radius 2 is 2.00 bits per heavy atom. The SMILES string of the molecule is CC[C@H]1O[C@@H](CCc2ccccc2)CCC[C@H]1O. The number of ether oxygens (including phenoxy) is 1. The molecule has 1 heterocycles. The van der Waals surface area contributed by atoms with Gasteiger partial charge in [0, 0.05) is 0 Å². The van der Waals surface area contributed by atoms with E-state index in [4.69, 9.17) is 4.74 Å². The van der Waals surface area contributed by atoms with Gasteiger partial charge in [-0.3, -0.25) is 0 Å². The Balaban J connectivity index is 1.85. The molecule has 2 rings (SSSR count). The molecule has 1 saturated heterocycles. The molecule has 2 nitrogen and oxygen atoms in total. The van der Waals surface area contributed by atoms with Gasteiger partial charge in [0.25, 0.3) is 0 Å². The monoisotopic (exact) mass is 248 g/mol. The number of benzene rings is 1. The quantitative estimate of drug-likeness (QED) is 0.885. The molecule has 0 bridgehead atoms. The van der Waals surface area contributed by atoms with Crippen LogP contribution in [0.3, 0.4) is 0 Å². The highest BCUT2D eigenvalue weighted by Gasteiger charge is 2.25. The molecule has 1 aromatic rings. The van der Waals surface area contributed by atoms with Crippen molar-refractivity contribution < 1.29 is 9.84 Å². The minimum Gasteiger partial charge on any atom is -0.390 e.